The summed E-state index contributed by atoms with van der Waals surface area (Å²) in [5.74, 6) is 0.0111. The topological polar surface area (TPSA) is 58.4 Å². The summed E-state index contributed by atoms with van der Waals surface area (Å²) < 4.78 is 0. The van der Waals surface area contributed by atoms with Crippen molar-refractivity contribution in [1.29, 1.82) is 0 Å². The Balaban J connectivity index is 1.59. The van der Waals surface area contributed by atoms with E-state index in [0.29, 0.717) is 6.54 Å². The first kappa shape index (κ1) is 12.7. The van der Waals surface area contributed by atoms with Gasteiger partial charge in [0.25, 0.3) is 0 Å². The van der Waals surface area contributed by atoms with Gasteiger partial charge in [-0.25, -0.2) is 0 Å². The van der Waals surface area contributed by atoms with Crippen molar-refractivity contribution < 1.29 is 4.79 Å². The predicted molar refractivity (Wildman–Crippen MR) is 80.0 cm³/mol. The lowest BCUT2D eigenvalue weighted by Gasteiger charge is -2.14. The Kier molecular flexibility index (Phi) is 3.39. The molecule has 1 aliphatic rings. The Morgan fingerprint density at radius 1 is 1.10 bits per heavy atom. The van der Waals surface area contributed by atoms with Gasteiger partial charge in [-0.05, 0) is 35.4 Å². The van der Waals surface area contributed by atoms with Crippen LogP contribution in [0.2, 0.25) is 0 Å². The number of hydrogen-bond donors (Lipinski definition) is 2. The first-order chi connectivity index (χ1) is 9.70. The predicted octanol–water partition coefficient (Wildman–Crippen LogP) is 2.22. The third-order valence-electron chi connectivity index (χ3n) is 3.44. The number of nitrogens with one attached hydrogen (secondary N) is 1. The number of carbonyl (C=O) groups excluding carboxylic acids is 1. The molecular weight excluding hydrogens is 250 g/mol. The van der Waals surface area contributed by atoms with Gasteiger partial charge in [0, 0.05) is 24.5 Å². The number of nitrogens with zero attached hydrogens (tertiary/aromatic N) is 1. The number of amides is 1. The zero-order valence-electron chi connectivity index (χ0n) is 11.2. The number of para-hydroxylation sites is 1. The molecule has 102 valence electrons. The first-order valence-electron chi connectivity index (χ1n) is 6.65. The smallest absolute Gasteiger partial charge is 0.238 e. The summed E-state index contributed by atoms with van der Waals surface area (Å²) in [5.41, 5.74) is 9.87. The van der Waals surface area contributed by atoms with Crippen LogP contribution in [0.4, 0.5) is 11.4 Å². The van der Waals surface area contributed by atoms with Crippen LogP contribution in [-0.4, -0.2) is 17.4 Å². The highest BCUT2D eigenvalue weighted by atomic mass is 16.2. The maximum Gasteiger partial charge on any atom is 0.238 e. The fourth-order valence-electron chi connectivity index (χ4n) is 2.52. The molecule has 0 fully saturated rings. The van der Waals surface area contributed by atoms with Crippen LogP contribution in [0.25, 0.3) is 0 Å². The molecule has 0 spiro atoms. The molecule has 0 saturated heterocycles. The Bertz CT molecular complexity index is 625. The molecule has 0 unspecified atom stereocenters. The van der Waals surface area contributed by atoms with Crippen molar-refractivity contribution in [3.05, 3.63) is 59.7 Å². The van der Waals surface area contributed by atoms with Crippen molar-refractivity contribution in [2.75, 3.05) is 17.6 Å². The van der Waals surface area contributed by atoms with Crippen molar-refractivity contribution in [3.63, 3.8) is 0 Å². The molecule has 2 aromatic carbocycles. The largest absolute Gasteiger partial charge is 0.399 e. The summed E-state index contributed by atoms with van der Waals surface area (Å²) in [6.07, 6.45) is 0. The monoisotopic (exact) mass is 267 g/mol. The second-order valence-corrected chi connectivity index (χ2v) is 5.09. The lowest BCUT2D eigenvalue weighted by molar-refractivity contribution is -0.117. The number of fused-ring (bicyclic) bond motifs is 1. The fraction of sp³-hybridized carbons (Fsp3) is 0.188. The lowest BCUT2D eigenvalue weighted by Crippen LogP contribution is -2.29. The zero-order chi connectivity index (χ0) is 13.9. The van der Waals surface area contributed by atoms with Crippen molar-refractivity contribution in [1.82, 2.24) is 4.90 Å². The fourth-order valence-corrected chi connectivity index (χ4v) is 2.52. The average Bonchev–Trinajstić information content (AvgIpc) is 2.80. The van der Waals surface area contributed by atoms with Crippen LogP contribution in [0.15, 0.2) is 48.5 Å². The highest BCUT2D eigenvalue weighted by Crippen LogP contribution is 2.24. The van der Waals surface area contributed by atoms with Gasteiger partial charge in [0.1, 0.15) is 0 Å². The van der Waals surface area contributed by atoms with Crippen molar-refractivity contribution >= 4 is 17.3 Å². The van der Waals surface area contributed by atoms with E-state index >= 15 is 0 Å². The second-order valence-electron chi connectivity index (χ2n) is 5.09. The van der Waals surface area contributed by atoms with E-state index in [1.165, 1.54) is 11.1 Å². The van der Waals surface area contributed by atoms with Gasteiger partial charge in [0.05, 0.1) is 6.54 Å². The average molecular weight is 267 g/mol. The molecule has 0 atom stereocenters. The van der Waals surface area contributed by atoms with E-state index in [1.54, 1.807) is 0 Å². The molecule has 4 nitrogen and oxygen atoms in total. The third kappa shape index (κ3) is 2.81. The molecule has 1 amide bonds. The minimum Gasteiger partial charge on any atom is -0.399 e. The standard InChI is InChI=1S/C16H17N3O/c17-14-7-6-12-9-19(10-13(12)8-14)11-16(20)18-15-4-2-1-3-5-15/h1-8H,9-11,17H2,(H,18,20). The maximum absolute atomic E-state index is 12.0. The summed E-state index contributed by atoms with van der Waals surface area (Å²) in [5, 5.41) is 2.90. The molecule has 1 aliphatic heterocycles. The van der Waals surface area contributed by atoms with Gasteiger partial charge in [0.15, 0.2) is 0 Å². The zero-order valence-corrected chi connectivity index (χ0v) is 11.2. The summed E-state index contributed by atoms with van der Waals surface area (Å²) >= 11 is 0. The van der Waals surface area contributed by atoms with Crippen molar-refractivity contribution in [2.24, 2.45) is 0 Å². The Morgan fingerprint density at radius 3 is 2.65 bits per heavy atom. The molecular formula is C16H17N3O. The van der Waals surface area contributed by atoms with E-state index in [2.05, 4.69) is 10.2 Å². The minimum atomic E-state index is 0.0111. The van der Waals surface area contributed by atoms with Crippen LogP contribution in [0.5, 0.6) is 0 Å². The van der Waals surface area contributed by atoms with Gasteiger partial charge in [0.2, 0.25) is 5.91 Å². The number of anilines is 2. The summed E-state index contributed by atoms with van der Waals surface area (Å²) in [6.45, 7) is 1.98. The van der Waals surface area contributed by atoms with E-state index in [1.807, 2.05) is 48.5 Å². The lowest BCUT2D eigenvalue weighted by atomic mass is 10.1. The summed E-state index contributed by atoms with van der Waals surface area (Å²) in [7, 11) is 0. The van der Waals surface area contributed by atoms with Crippen molar-refractivity contribution in [3.8, 4) is 0 Å². The Morgan fingerprint density at radius 2 is 1.85 bits per heavy atom. The molecule has 0 saturated carbocycles. The minimum absolute atomic E-state index is 0.0111. The van der Waals surface area contributed by atoms with Gasteiger partial charge in [-0.15, -0.1) is 0 Å². The normalized spacial score (nSPS) is 14.0. The highest BCUT2D eigenvalue weighted by molar-refractivity contribution is 5.92. The summed E-state index contributed by atoms with van der Waals surface area (Å²) in [4.78, 5) is 14.1. The van der Waals surface area contributed by atoms with E-state index in [4.69, 9.17) is 5.73 Å². The number of nitrogen functional groups attached to an aromatic ring is 1. The van der Waals surface area contributed by atoms with E-state index < -0.39 is 0 Å². The van der Waals surface area contributed by atoms with Crippen LogP contribution < -0.4 is 11.1 Å². The molecule has 3 rings (SSSR count). The van der Waals surface area contributed by atoms with E-state index in [0.717, 1.165) is 24.5 Å². The molecule has 3 N–H and O–H groups in total. The highest BCUT2D eigenvalue weighted by Gasteiger charge is 2.20. The molecule has 0 radical (unpaired) electrons. The SMILES string of the molecule is Nc1ccc2c(c1)CN(CC(=O)Nc1ccccc1)C2. The number of benzene rings is 2. The van der Waals surface area contributed by atoms with Gasteiger partial charge >= 0.3 is 0 Å². The van der Waals surface area contributed by atoms with Crippen LogP contribution in [-0.2, 0) is 17.9 Å². The number of carbonyl (C=O) groups is 1. The second kappa shape index (κ2) is 5.35. The quantitative estimate of drug-likeness (QED) is 0.838. The van der Waals surface area contributed by atoms with Crippen LogP contribution >= 0.6 is 0 Å². The van der Waals surface area contributed by atoms with Gasteiger partial charge in [-0.3, -0.25) is 9.69 Å². The van der Waals surface area contributed by atoms with Crippen LogP contribution in [0.1, 0.15) is 11.1 Å². The van der Waals surface area contributed by atoms with Crippen molar-refractivity contribution in [2.45, 2.75) is 13.1 Å². The molecule has 1 heterocycles. The maximum atomic E-state index is 12.0. The summed E-state index contributed by atoms with van der Waals surface area (Å²) in [6, 6.07) is 15.5. The molecule has 0 aliphatic carbocycles. The van der Waals surface area contributed by atoms with Gasteiger partial charge in [-0.1, -0.05) is 24.3 Å². The van der Waals surface area contributed by atoms with Gasteiger partial charge in [-0.2, -0.15) is 0 Å². The molecule has 0 aromatic heterocycles. The van der Waals surface area contributed by atoms with Crippen LogP contribution in [0.3, 0.4) is 0 Å². The van der Waals surface area contributed by atoms with E-state index in [9.17, 15) is 4.79 Å². The van der Waals surface area contributed by atoms with Gasteiger partial charge < -0.3 is 11.1 Å². The first-order valence-corrected chi connectivity index (χ1v) is 6.65. The van der Waals surface area contributed by atoms with Crippen LogP contribution in [0, 0.1) is 0 Å². The number of nitrogens with two attached hydrogens (primary N) is 1. The molecule has 0 bridgehead atoms. The Labute approximate surface area is 118 Å². The number of hydrogen-bond acceptors (Lipinski definition) is 3. The third-order valence-corrected chi connectivity index (χ3v) is 3.44. The number of rotatable bonds is 3. The Hall–Kier alpha value is -2.33. The molecule has 2 aromatic rings. The molecule has 20 heavy (non-hydrogen) atoms. The van der Waals surface area contributed by atoms with E-state index in [-0.39, 0.29) is 5.91 Å². The molecule has 4 heteroatoms.